The van der Waals surface area contributed by atoms with Crippen molar-refractivity contribution in [3.63, 3.8) is 0 Å². The minimum Gasteiger partial charge on any atom is -0.467 e. The zero-order valence-corrected chi connectivity index (χ0v) is 39.6. The molecule has 3 heterocycles. The maximum absolute atomic E-state index is 12.7. The van der Waals surface area contributed by atoms with Crippen molar-refractivity contribution in [3.05, 3.63) is 98.4 Å². The van der Waals surface area contributed by atoms with Crippen LogP contribution in [0.2, 0.25) is 5.02 Å². The molecule has 12 nitrogen and oxygen atoms in total. The number of amides is 4. The van der Waals surface area contributed by atoms with Crippen molar-refractivity contribution in [3.8, 4) is 0 Å². The molecule has 4 amide bonds. The average Bonchev–Trinajstić information content (AvgIpc) is 3.96. The van der Waals surface area contributed by atoms with Gasteiger partial charge in [-0.25, -0.2) is 9.69 Å². The predicted molar refractivity (Wildman–Crippen MR) is 244 cm³/mol. The number of benzene rings is 2. The molecule has 0 N–H and O–H groups in total. The molecule has 6 rings (SSSR count). The molecule has 336 valence electrons. The van der Waals surface area contributed by atoms with Crippen LogP contribution in [0.5, 0.6) is 0 Å². The molecule has 2 aliphatic heterocycles. The van der Waals surface area contributed by atoms with Crippen LogP contribution < -0.4 is 9.80 Å². The van der Waals surface area contributed by atoms with E-state index in [0.29, 0.717) is 59.2 Å². The van der Waals surface area contributed by atoms with Gasteiger partial charge in [0.15, 0.2) is 4.84 Å². The Hall–Kier alpha value is -3.88. The van der Waals surface area contributed by atoms with E-state index >= 15 is 0 Å². The number of methoxy groups -OCH3 is 1. The molecule has 2 unspecified atom stereocenters. The van der Waals surface area contributed by atoms with E-state index in [0.717, 1.165) is 36.1 Å². The van der Waals surface area contributed by atoms with Crippen LogP contribution in [0, 0.1) is 6.92 Å². The monoisotopic (exact) mass is 953 g/mol. The van der Waals surface area contributed by atoms with Gasteiger partial charge in [0.1, 0.15) is 28.5 Å². The van der Waals surface area contributed by atoms with Gasteiger partial charge in [0, 0.05) is 23.3 Å². The molecule has 0 bridgehead atoms. The highest BCUT2D eigenvalue weighted by Gasteiger charge is 2.45. The summed E-state index contributed by atoms with van der Waals surface area (Å²) >= 11 is 29.1. The summed E-state index contributed by atoms with van der Waals surface area (Å²) in [6, 6.07) is 14.4. The van der Waals surface area contributed by atoms with Gasteiger partial charge < -0.3 is 28.4 Å². The summed E-state index contributed by atoms with van der Waals surface area (Å²) in [5.41, 5.74) is 4.51. The Morgan fingerprint density at radius 2 is 1.68 bits per heavy atom. The van der Waals surface area contributed by atoms with E-state index in [9.17, 15) is 24.0 Å². The highest BCUT2D eigenvalue weighted by Crippen LogP contribution is 2.38. The number of hydrogen-bond donors (Lipinski definition) is 0. The number of imide groups is 1. The van der Waals surface area contributed by atoms with Crippen molar-refractivity contribution in [2.45, 2.75) is 96.4 Å². The predicted octanol–water partition coefficient (Wildman–Crippen LogP) is 10.1. The Morgan fingerprint density at radius 1 is 1.02 bits per heavy atom. The first-order valence-corrected chi connectivity index (χ1v) is 22.3. The highest BCUT2D eigenvalue weighted by atomic mass is 35.5. The summed E-state index contributed by atoms with van der Waals surface area (Å²) in [5.74, 6) is -0.999. The van der Waals surface area contributed by atoms with Gasteiger partial charge in [-0.2, -0.15) is 0 Å². The minimum atomic E-state index is -1.08. The molecule has 0 radical (unpaired) electrons. The number of alkyl halides is 3. The lowest BCUT2D eigenvalue weighted by atomic mass is 9.93. The van der Waals surface area contributed by atoms with Gasteiger partial charge in [-0.15, -0.1) is 11.6 Å². The molecular weight excluding hydrogens is 904 g/mol. The number of rotatable bonds is 12. The molecule has 1 aromatic heterocycles. The summed E-state index contributed by atoms with van der Waals surface area (Å²) in [7, 11) is 1.64. The van der Waals surface area contributed by atoms with Gasteiger partial charge >= 0.3 is 5.97 Å². The highest BCUT2D eigenvalue weighted by molar-refractivity contribution is 6.53. The number of carbonyl (C=O) groups excluding carboxylic acids is 5. The van der Waals surface area contributed by atoms with Crippen molar-refractivity contribution in [2.24, 2.45) is 0 Å². The zero-order chi connectivity index (χ0) is 45.9. The number of halogens is 5. The van der Waals surface area contributed by atoms with Crippen LogP contribution in [0.15, 0.2) is 75.4 Å². The largest absolute Gasteiger partial charge is 0.467 e. The molecule has 3 aromatic rings. The van der Waals surface area contributed by atoms with Crippen LogP contribution in [0.1, 0.15) is 88.9 Å². The number of carbonyl (C=O) groups is 5. The molecule has 0 spiro atoms. The molecular formula is C45H52Cl5N3O9. The van der Waals surface area contributed by atoms with E-state index in [1.54, 1.807) is 63.3 Å². The number of furan rings is 1. The Morgan fingerprint density at radius 3 is 2.23 bits per heavy atom. The summed E-state index contributed by atoms with van der Waals surface area (Å²) in [5, 5.41) is 0.204. The Labute approximate surface area is 387 Å². The van der Waals surface area contributed by atoms with Crippen molar-refractivity contribution < 1.29 is 42.6 Å². The summed E-state index contributed by atoms with van der Waals surface area (Å²) in [4.78, 5) is 64.4. The van der Waals surface area contributed by atoms with Crippen molar-refractivity contribution in [1.29, 1.82) is 0 Å². The van der Waals surface area contributed by atoms with Gasteiger partial charge in [-0.3, -0.25) is 19.2 Å². The molecule has 62 heavy (non-hydrogen) atoms. The van der Waals surface area contributed by atoms with Crippen LogP contribution in [0.3, 0.4) is 0 Å². The molecule has 3 aliphatic rings. The lowest BCUT2D eigenvalue weighted by molar-refractivity contribution is -0.144. The summed E-state index contributed by atoms with van der Waals surface area (Å²) in [6.45, 7) is 12.4. The molecule has 1 aliphatic carbocycles. The molecule has 0 saturated carbocycles. The maximum atomic E-state index is 12.7. The first-order valence-electron chi connectivity index (χ1n) is 20.1. The van der Waals surface area contributed by atoms with Crippen LogP contribution in [0.25, 0.3) is 6.08 Å². The molecule has 1 fully saturated rings. The van der Waals surface area contributed by atoms with Gasteiger partial charge in [-0.05, 0) is 120 Å². The van der Waals surface area contributed by atoms with Crippen LogP contribution in [-0.4, -0.2) is 83.8 Å². The smallest absolute Gasteiger partial charge is 0.349 e. The van der Waals surface area contributed by atoms with E-state index < -0.39 is 16.5 Å². The molecule has 17 heteroatoms. The zero-order valence-electron chi connectivity index (χ0n) is 35.8. The number of hydrogen-bond acceptors (Lipinski definition) is 9. The SMILES string of the molecule is CC1(C)OC(c2ccco2)CN1C(=O)C(Cl)Cl.CCOC(=O)/C(Cl)=C/c1cc(N2C(=O)C3=C(CCCC3)C2=O)ccc1Cl.CCc1cccc(C)c1N(C(=O)CCl)C(C)COC. The van der Waals surface area contributed by atoms with Crippen LogP contribution in [-0.2, 0) is 44.6 Å². The number of esters is 1. The third kappa shape index (κ3) is 12.2. The lowest BCUT2D eigenvalue weighted by Gasteiger charge is -2.31. The van der Waals surface area contributed by atoms with Gasteiger partial charge in [0.25, 0.3) is 17.7 Å². The quantitative estimate of drug-likeness (QED) is 0.0752. The maximum Gasteiger partial charge on any atom is 0.349 e. The normalized spacial score (nSPS) is 17.6. The van der Waals surface area contributed by atoms with Gasteiger partial charge in [-0.1, -0.05) is 71.5 Å². The van der Waals surface area contributed by atoms with Crippen molar-refractivity contribution in [1.82, 2.24) is 4.90 Å². The Bertz CT molecular complexity index is 2130. The fourth-order valence-electron chi connectivity index (χ4n) is 7.40. The standard InChI is InChI=1S/C19H17Cl2NO4.C15H22ClNO2.C11H13Cl2NO3/c1-2-26-19(25)16(21)10-11-9-12(7-8-15(11)20)22-17(23)13-5-3-4-6-14(13)18(22)24;1-5-13-8-6-7-11(2)15(13)17(14(18)9-16)12(3)10-19-4;1-11(2)14(10(15)9(12)13)6-8(17-11)7-4-3-5-16-7/h7-10H,2-6H2,1H3;6-8,12H,5,9-10H2,1-4H3;3-5,8-9H,6H2,1-2H3/b16-10-;;. The fraction of sp³-hybridized carbons (Fsp3) is 0.444. The first-order chi connectivity index (χ1) is 29.4. The first kappa shape index (κ1) is 50.8. The lowest BCUT2D eigenvalue weighted by Crippen LogP contribution is -2.45. The molecule has 1 saturated heterocycles. The average molecular weight is 956 g/mol. The Kier molecular flexibility index (Phi) is 19.0. The molecule has 2 aromatic carbocycles. The Balaban J connectivity index is 0.000000211. The second kappa shape index (κ2) is 23.2. The number of aryl methyl sites for hydroxylation is 2. The van der Waals surface area contributed by atoms with Crippen LogP contribution in [0.4, 0.5) is 11.4 Å². The topological polar surface area (TPSA) is 136 Å². The minimum absolute atomic E-state index is 0.0223. The third-order valence-electron chi connectivity index (χ3n) is 10.3. The van der Waals surface area contributed by atoms with E-state index in [4.69, 9.17) is 76.6 Å². The van der Waals surface area contributed by atoms with Crippen molar-refractivity contribution in [2.75, 3.05) is 42.5 Å². The third-order valence-corrected chi connectivity index (χ3v) is 11.5. The fourth-order valence-corrected chi connectivity index (χ4v) is 8.11. The number of ether oxygens (including phenoxy) is 3. The second-order valence-electron chi connectivity index (χ2n) is 15.0. The van der Waals surface area contributed by atoms with E-state index in [1.807, 2.05) is 32.0 Å². The number of nitrogens with zero attached hydrogens (tertiary/aromatic N) is 3. The second-order valence-corrected chi connectivity index (χ2v) is 17.2. The number of para-hydroxylation sites is 1. The van der Waals surface area contributed by atoms with Crippen molar-refractivity contribution >= 4 is 105 Å². The van der Waals surface area contributed by atoms with Gasteiger partial charge in [0.2, 0.25) is 5.91 Å². The van der Waals surface area contributed by atoms with E-state index in [1.165, 1.54) is 15.9 Å². The number of anilines is 2. The summed E-state index contributed by atoms with van der Waals surface area (Å²) in [6.07, 6.45) is 6.62. The summed E-state index contributed by atoms with van der Waals surface area (Å²) < 4.78 is 21.1. The van der Waals surface area contributed by atoms with E-state index in [-0.39, 0.29) is 53.3 Å². The van der Waals surface area contributed by atoms with Gasteiger partial charge in [0.05, 0.1) is 43.4 Å². The molecule has 2 atom stereocenters. The van der Waals surface area contributed by atoms with Crippen LogP contribution >= 0.6 is 58.0 Å². The van der Waals surface area contributed by atoms with E-state index in [2.05, 4.69) is 13.0 Å².